The molecule has 0 aliphatic rings. The van der Waals surface area contributed by atoms with E-state index in [1.165, 1.54) is 185 Å². The Balaban J connectivity index is 0.00000108. The van der Waals surface area contributed by atoms with Crippen LogP contribution in [-0.2, 0) is 6.42 Å². The average molecular weight is 712 g/mol. The molecule has 1 radical (unpaired) electrons. The molecule has 2 heteroatoms. The van der Waals surface area contributed by atoms with Crippen LogP contribution in [0.25, 0.3) is 0 Å². The van der Waals surface area contributed by atoms with Crippen molar-refractivity contribution in [2.45, 2.75) is 221 Å². The Morgan fingerprint density at radius 2 is 0.833 bits per heavy atom. The number of thiophene rings is 1. The molecule has 0 spiro atoms. The molecule has 1 aromatic heterocycles. The van der Waals surface area contributed by atoms with E-state index in [0.717, 1.165) is 5.92 Å². The SMILES string of the molecule is CCCCCCCCCCCCC(CCCCCCCCCC)Cc1cc[sH+]c1.CCC[CH2][Sn]([CH2]CCC)[CH2]CCC. The topological polar surface area (TPSA) is 0 Å². The van der Waals surface area contributed by atoms with Crippen molar-refractivity contribution in [1.29, 1.82) is 0 Å². The molecule has 42 heavy (non-hydrogen) atoms. The zero-order chi connectivity index (χ0) is 30.8. The summed E-state index contributed by atoms with van der Waals surface area (Å²) in [6.07, 6.45) is 39.3. The number of rotatable bonds is 31. The van der Waals surface area contributed by atoms with E-state index in [2.05, 4.69) is 51.4 Å². The fraction of sp³-hybridized carbons (Fsp3) is 0.900. The van der Waals surface area contributed by atoms with E-state index in [9.17, 15) is 0 Å². The zero-order valence-electron chi connectivity index (χ0n) is 30.0. The van der Waals surface area contributed by atoms with Gasteiger partial charge in [0.05, 0.1) is 0 Å². The van der Waals surface area contributed by atoms with Crippen molar-refractivity contribution in [1.82, 2.24) is 0 Å². The van der Waals surface area contributed by atoms with Gasteiger partial charge in [0.15, 0.2) is 0 Å². The second kappa shape index (κ2) is 36.0. The van der Waals surface area contributed by atoms with Crippen LogP contribution < -0.4 is 0 Å². The number of unbranched alkanes of at least 4 members (excludes halogenated alkanes) is 19. The summed E-state index contributed by atoms with van der Waals surface area (Å²) in [7, 11) is 0. The van der Waals surface area contributed by atoms with E-state index < -0.39 is 19.8 Å². The van der Waals surface area contributed by atoms with Gasteiger partial charge in [0.2, 0.25) is 0 Å². The van der Waals surface area contributed by atoms with Gasteiger partial charge in [-0.2, -0.15) is 0 Å². The third kappa shape index (κ3) is 30.5. The summed E-state index contributed by atoms with van der Waals surface area (Å²) in [5, 5.41) is 4.74. The van der Waals surface area contributed by atoms with Crippen LogP contribution >= 0.6 is 11.3 Å². The predicted molar refractivity (Wildman–Crippen MR) is 201 cm³/mol. The first kappa shape index (κ1) is 42.5. The second-order valence-electron chi connectivity index (χ2n) is 13.5. The standard InChI is InChI=1S/C28H52S.3C4H9.Sn/c1-3-5-7-9-11-13-14-16-18-20-22-27(25-28-23-24-29-26-28)21-19-17-15-12-10-8-6-4-2;3*1-3-4-2;/h23-24,26-27H,3-22,25H2,1-2H3;3*1,3-4H2,2H3;/p+1. The van der Waals surface area contributed by atoms with Gasteiger partial charge in [-0.25, -0.2) is 0 Å². The molecule has 1 atom stereocenters. The first-order chi connectivity index (χ1) is 20.7. The van der Waals surface area contributed by atoms with Crippen LogP contribution in [0, 0.1) is 5.92 Å². The minimum atomic E-state index is -0.839. The van der Waals surface area contributed by atoms with Crippen LogP contribution in [0.4, 0.5) is 0 Å². The summed E-state index contributed by atoms with van der Waals surface area (Å²) >= 11 is 0.569. The van der Waals surface area contributed by atoms with Gasteiger partial charge < -0.3 is 0 Å². The summed E-state index contributed by atoms with van der Waals surface area (Å²) in [4.78, 5) is 0. The fourth-order valence-electron chi connectivity index (χ4n) is 6.27. The number of hydrogen-bond acceptors (Lipinski definition) is 0. The van der Waals surface area contributed by atoms with Crippen molar-refractivity contribution in [3.8, 4) is 0 Å². The van der Waals surface area contributed by atoms with Crippen LogP contribution in [-0.4, -0.2) is 19.8 Å². The van der Waals surface area contributed by atoms with Gasteiger partial charge in [0.25, 0.3) is 0 Å². The maximum atomic E-state index is 2.43. The minimum absolute atomic E-state index is 0.839. The van der Waals surface area contributed by atoms with Gasteiger partial charge >= 0.3 is 92.4 Å². The van der Waals surface area contributed by atoms with E-state index in [1.54, 1.807) is 18.9 Å². The molecule has 0 amide bonds. The van der Waals surface area contributed by atoms with Crippen molar-refractivity contribution in [2.24, 2.45) is 5.92 Å². The molecule has 0 aliphatic carbocycles. The van der Waals surface area contributed by atoms with Crippen molar-refractivity contribution in [3.05, 3.63) is 22.4 Å². The molecular formula is C40H80SSn+. The summed E-state index contributed by atoms with van der Waals surface area (Å²) in [6.45, 7) is 11.6. The van der Waals surface area contributed by atoms with Crippen molar-refractivity contribution >= 4 is 31.1 Å². The van der Waals surface area contributed by atoms with Crippen LogP contribution in [0.15, 0.2) is 16.8 Å². The van der Waals surface area contributed by atoms with Gasteiger partial charge in [-0.05, 0) is 29.7 Å². The normalized spacial score (nSPS) is 12.0. The zero-order valence-corrected chi connectivity index (χ0v) is 33.7. The van der Waals surface area contributed by atoms with Crippen molar-refractivity contribution < 1.29 is 0 Å². The molecule has 1 unspecified atom stereocenters. The Bertz CT molecular complexity index is 563. The molecular weight excluding hydrogens is 631 g/mol. The van der Waals surface area contributed by atoms with E-state index >= 15 is 0 Å². The molecule has 0 fully saturated rings. The molecule has 0 aliphatic heterocycles. The summed E-state index contributed by atoms with van der Waals surface area (Å²) in [5.74, 6) is 0.938. The maximum absolute atomic E-state index is 2.43. The molecule has 0 N–H and O–H groups in total. The fourth-order valence-corrected chi connectivity index (χ4v) is 16.5. The molecule has 1 heterocycles. The van der Waals surface area contributed by atoms with Gasteiger partial charge in [-0.3, -0.25) is 0 Å². The molecule has 249 valence electrons. The first-order valence-electron chi connectivity index (χ1n) is 19.6. The Hall–Kier alpha value is 0.499. The first-order valence-corrected chi connectivity index (χ1v) is 26.7. The average Bonchev–Trinajstić information content (AvgIpc) is 3.52. The second-order valence-corrected chi connectivity index (χ2v) is 23.0. The van der Waals surface area contributed by atoms with Crippen LogP contribution in [0.5, 0.6) is 0 Å². The molecule has 0 saturated heterocycles. The predicted octanol–water partition coefficient (Wildman–Crippen LogP) is 15.4. The van der Waals surface area contributed by atoms with Crippen LogP contribution in [0.2, 0.25) is 13.3 Å². The van der Waals surface area contributed by atoms with Gasteiger partial charge in [-0.15, -0.1) is 0 Å². The van der Waals surface area contributed by atoms with Gasteiger partial charge in [0.1, 0.15) is 10.8 Å². The summed E-state index contributed by atoms with van der Waals surface area (Å²) in [5.41, 5.74) is 1.61. The van der Waals surface area contributed by atoms with Crippen molar-refractivity contribution in [2.75, 3.05) is 0 Å². The van der Waals surface area contributed by atoms with Gasteiger partial charge in [-0.1, -0.05) is 142 Å². The number of hydrogen-bond donors (Lipinski definition) is 0. The quantitative estimate of drug-likeness (QED) is 0.0409. The third-order valence-corrected chi connectivity index (χ3v) is 19.1. The van der Waals surface area contributed by atoms with E-state index in [0.29, 0.717) is 0 Å². The molecule has 0 nitrogen and oxygen atoms in total. The summed E-state index contributed by atoms with van der Waals surface area (Å²) in [6, 6.07) is 2.38. The Morgan fingerprint density at radius 1 is 0.476 bits per heavy atom. The van der Waals surface area contributed by atoms with Crippen molar-refractivity contribution in [3.63, 3.8) is 0 Å². The third-order valence-electron chi connectivity index (χ3n) is 9.22. The molecule has 0 saturated carbocycles. The Kier molecular flexibility index (Phi) is 36.4. The van der Waals surface area contributed by atoms with Gasteiger partial charge in [0, 0.05) is 5.56 Å². The van der Waals surface area contributed by atoms with Crippen LogP contribution in [0.3, 0.4) is 0 Å². The van der Waals surface area contributed by atoms with E-state index in [4.69, 9.17) is 0 Å². The molecule has 0 aromatic carbocycles. The molecule has 1 aromatic rings. The summed E-state index contributed by atoms with van der Waals surface area (Å²) < 4.78 is 5.04. The Morgan fingerprint density at radius 3 is 1.17 bits per heavy atom. The van der Waals surface area contributed by atoms with E-state index in [1.807, 2.05) is 0 Å². The molecule has 1 rings (SSSR count). The monoisotopic (exact) mass is 712 g/mol. The Labute approximate surface area is 279 Å². The van der Waals surface area contributed by atoms with E-state index in [-0.39, 0.29) is 0 Å². The molecule has 0 bridgehead atoms. The van der Waals surface area contributed by atoms with Crippen LogP contribution in [0.1, 0.15) is 207 Å².